The Hall–Kier alpha value is -0.970. The second-order valence-electron chi connectivity index (χ2n) is 2.43. The van der Waals surface area contributed by atoms with Crippen molar-refractivity contribution in [1.82, 2.24) is 5.32 Å². The molecule has 1 amide bonds. The Balaban J connectivity index is 2.29. The molecule has 0 radical (unpaired) electrons. The lowest BCUT2D eigenvalue weighted by Gasteiger charge is -2.02. The Morgan fingerprint density at radius 1 is 1.80 bits per heavy atom. The molecule has 1 N–H and O–H groups in total. The molecule has 0 aromatic carbocycles. The summed E-state index contributed by atoms with van der Waals surface area (Å²) in [6, 6.07) is 0.319. The topological polar surface area (TPSA) is 29.1 Å². The zero-order chi connectivity index (χ0) is 7.40. The van der Waals surface area contributed by atoms with Crippen LogP contribution in [0, 0.1) is 11.8 Å². The molecule has 1 unspecified atom stereocenters. The van der Waals surface area contributed by atoms with Crippen molar-refractivity contribution in [3.8, 4) is 11.8 Å². The van der Waals surface area contributed by atoms with Crippen molar-refractivity contribution < 1.29 is 4.79 Å². The molecule has 2 heteroatoms. The molecule has 2 nitrogen and oxygen atoms in total. The maximum atomic E-state index is 10.7. The standard InChI is InChI=1S/C8H11NO/c1-2-3-4-7-5-6-8(10)9-7/h7H,4-6H2,1H3,(H,9,10). The van der Waals surface area contributed by atoms with Crippen LogP contribution >= 0.6 is 0 Å². The average Bonchev–Trinajstić information content (AvgIpc) is 2.31. The molecule has 1 fully saturated rings. The molecule has 0 spiro atoms. The first kappa shape index (κ1) is 7.14. The minimum Gasteiger partial charge on any atom is -0.352 e. The zero-order valence-corrected chi connectivity index (χ0v) is 6.11. The quantitative estimate of drug-likeness (QED) is 0.529. The van der Waals surface area contributed by atoms with Crippen molar-refractivity contribution in [1.29, 1.82) is 0 Å². The monoisotopic (exact) mass is 137 g/mol. The van der Waals surface area contributed by atoms with Crippen LogP contribution in [0.25, 0.3) is 0 Å². The third kappa shape index (κ3) is 1.77. The first-order valence-corrected chi connectivity index (χ1v) is 3.52. The van der Waals surface area contributed by atoms with Crippen LogP contribution in [0.2, 0.25) is 0 Å². The molecular weight excluding hydrogens is 126 g/mol. The lowest BCUT2D eigenvalue weighted by Crippen LogP contribution is -2.24. The average molecular weight is 137 g/mol. The number of carbonyl (C=O) groups excluding carboxylic acids is 1. The smallest absolute Gasteiger partial charge is 0.220 e. The first-order chi connectivity index (χ1) is 4.83. The number of amides is 1. The van der Waals surface area contributed by atoms with Crippen LogP contribution in [-0.2, 0) is 4.79 Å². The molecule has 1 rings (SSSR count). The van der Waals surface area contributed by atoms with Gasteiger partial charge < -0.3 is 5.32 Å². The molecule has 10 heavy (non-hydrogen) atoms. The molecule has 0 saturated carbocycles. The van der Waals surface area contributed by atoms with Gasteiger partial charge in [0.15, 0.2) is 0 Å². The van der Waals surface area contributed by atoms with Crippen molar-refractivity contribution in [2.45, 2.75) is 32.2 Å². The van der Waals surface area contributed by atoms with E-state index in [4.69, 9.17) is 0 Å². The van der Waals surface area contributed by atoms with Gasteiger partial charge in [-0.3, -0.25) is 4.79 Å². The molecule has 1 aliphatic heterocycles. The third-order valence-electron chi connectivity index (χ3n) is 1.61. The highest BCUT2D eigenvalue weighted by Crippen LogP contribution is 2.08. The summed E-state index contributed by atoms with van der Waals surface area (Å²) in [4.78, 5) is 10.7. The van der Waals surface area contributed by atoms with Crippen LogP contribution in [-0.4, -0.2) is 11.9 Å². The van der Waals surface area contributed by atoms with Gasteiger partial charge in [0.05, 0.1) is 0 Å². The SMILES string of the molecule is CC#CCC1CCC(=O)N1. The van der Waals surface area contributed by atoms with Crippen molar-refractivity contribution in [2.24, 2.45) is 0 Å². The van der Waals surface area contributed by atoms with Crippen molar-refractivity contribution in [3.05, 3.63) is 0 Å². The number of nitrogens with one attached hydrogen (secondary N) is 1. The van der Waals surface area contributed by atoms with E-state index < -0.39 is 0 Å². The maximum Gasteiger partial charge on any atom is 0.220 e. The van der Waals surface area contributed by atoms with E-state index in [-0.39, 0.29) is 5.91 Å². The molecule has 0 bridgehead atoms. The fraction of sp³-hybridized carbons (Fsp3) is 0.625. The molecule has 54 valence electrons. The lowest BCUT2D eigenvalue weighted by atomic mass is 10.2. The van der Waals surface area contributed by atoms with Crippen LogP contribution < -0.4 is 5.32 Å². The second kappa shape index (κ2) is 3.26. The van der Waals surface area contributed by atoms with E-state index in [1.807, 2.05) is 6.92 Å². The summed E-state index contributed by atoms with van der Waals surface area (Å²) in [5.74, 6) is 5.92. The van der Waals surface area contributed by atoms with E-state index in [0.29, 0.717) is 12.5 Å². The van der Waals surface area contributed by atoms with E-state index in [2.05, 4.69) is 17.2 Å². The fourth-order valence-corrected chi connectivity index (χ4v) is 1.06. The summed E-state index contributed by atoms with van der Waals surface area (Å²) in [5, 5.41) is 2.85. The van der Waals surface area contributed by atoms with Crippen LogP contribution in [0.4, 0.5) is 0 Å². The summed E-state index contributed by atoms with van der Waals surface area (Å²) >= 11 is 0. The second-order valence-corrected chi connectivity index (χ2v) is 2.43. The van der Waals surface area contributed by atoms with E-state index in [9.17, 15) is 4.79 Å². The van der Waals surface area contributed by atoms with Crippen molar-refractivity contribution >= 4 is 5.91 Å². The summed E-state index contributed by atoms with van der Waals surface area (Å²) in [6.07, 6.45) is 2.44. The minimum absolute atomic E-state index is 0.169. The van der Waals surface area contributed by atoms with Gasteiger partial charge in [0.25, 0.3) is 0 Å². The largest absolute Gasteiger partial charge is 0.352 e. The Morgan fingerprint density at radius 2 is 2.60 bits per heavy atom. The summed E-state index contributed by atoms with van der Waals surface area (Å²) < 4.78 is 0. The van der Waals surface area contributed by atoms with Gasteiger partial charge in [-0.2, -0.15) is 0 Å². The summed E-state index contributed by atoms with van der Waals surface area (Å²) in [6.45, 7) is 1.82. The van der Waals surface area contributed by atoms with Gasteiger partial charge in [0.2, 0.25) is 5.91 Å². The highest BCUT2D eigenvalue weighted by Gasteiger charge is 2.18. The molecule has 1 heterocycles. The fourth-order valence-electron chi connectivity index (χ4n) is 1.06. The normalized spacial score (nSPS) is 23.3. The van der Waals surface area contributed by atoms with Gasteiger partial charge in [-0.25, -0.2) is 0 Å². The molecule has 1 aliphatic rings. The minimum atomic E-state index is 0.169. The Bertz CT molecular complexity index is 187. The molecule has 0 aliphatic carbocycles. The number of hydrogen-bond donors (Lipinski definition) is 1. The highest BCUT2D eigenvalue weighted by atomic mass is 16.1. The number of carbonyl (C=O) groups is 1. The van der Waals surface area contributed by atoms with Gasteiger partial charge in [-0.1, -0.05) is 0 Å². The molecule has 1 atom stereocenters. The number of rotatable bonds is 1. The predicted molar refractivity (Wildman–Crippen MR) is 39.2 cm³/mol. The highest BCUT2D eigenvalue weighted by molar-refractivity contribution is 5.78. The Labute approximate surface area is 61.0 Å². The lowest BCUT2D eigenvalue weighted by molar-refractivity contribution is -0.119. The molecule has 1 saturated heterocycles. The van der Waals surface area contributed by atoms with E-state index in [0.717, 1.165) is 12.8 Å². The number of hydrogen-bond acceptors (Lipinski definition) is 1. The van der Waals surface area contributed by atoms with Crippen molar-refractivity contribution in [3.63, 3.8) is 0 Å². The zero-order valence-electron chi connectivity index (χ0n) is 6.11. The van der Waals surface area contributed by atoms with Gasteiger partial charge in [0, 0.05) is 18.9 Å². The van der Waals surface area contributed by atoms with Crippen LogP contribution in [0.15, 0.2) is 0 Å². The van der Waals surface area contributed by atoms with Crippen LogP contribution in [0.1, 0.15) is 26.2 Å². The third-order valence-corrected chi connectivity index (χ3v) is 1.61. The Morgan fingerprint density at radius 3 is 3.10 bits per heavy atom. The van der Waals surface area contributed by atoms with E-state index >= 15 is 0 Å². The molecule has 0 aromatic heterocycles. The summed E-state index contributed by atoms with van der Waals surface area (Å²) in [7, 11) is 0. The van der Waals surface area contributed by atoms with Gasteiger partial charge in [-0.05, 0) is 13.3 Å². The van der Waals surface area contributed by atoms with Gasteiger partial charge in [-0.15, -0.1) is 11.8 Å². The van der Waals surface area contributed by atoms with Gasteiger partial charge in [0.1, 0.15) is 0 Å². The van der Waals surface area contributed by atoms with Gasteiger partial charge >= 0.3 is 0 Å². The Kier molecular flexibility index (Phi) is 2.33. The summed E-state index contributed by atoms with van der Waals surface area (Å²) in [5.41, 5.74) is 0. The van der Waals surface area contributed by atoms with Crippen molar-refractivity contribution in [2.75, 3.05) is 0 Å². The molecule has 0 aromatic rings. The van der Waals surface area contributed by atoms with E-state index in [1.54, 1.807) is 0 Å². The molecular formula is C8H11NO. The van der Waals surface area contributed by atoms with Crippen LogP contribution in [0.5, 0.6) is 0 Å². The maximum absolute atomic E-state index is 10.7. The van der Waals surface area contributed by atoms with E-state index in [1.165, 1.54) is 0 Å². The first-order valence-electron chi connectivity index (χ1n) is 3.52. The van der Waals surface area contributed by atoms with Crippen LogP contribution in [0.3, 0.4) is 0 Å². The predicted octanol–water partition coefficient (Wildman–Crippen LogP) is 0.678.